The summed E-state index contributed by atoms with van der Waals surface area (Å²) in [4.78, 5) is 10.1. The lowest BCUT2D eigenvalue weighted by molar-refractivity contribution is -0.134. The Morgan fingerprint density at radius 1 is 1.25 bits per heavy atom. The Labute approximate surface area is 97.6 Å². The van der Waals surface area contributed by atoms with Crippen LogP contribution < -0.4 is 0 Å². The fourth-order valence-corrected chi connectivity index (χ4v) is 1.86. The smallest absolute Gasteiger partial charge is 0.300 e. The molecule has 1 heterocycles. The molecule has 0 amide bonds. The minimum Gasteiger partial charge on any atom is -0.507 e. The van der Waals surface area contributed by atoms with Crippen LogP contribution in [-0.4, -0.2) is 16.2 Å². The molecule has 1 aromatic carbocycles. The van der Waals surface area contributed by atoms with Crippen LogP contribution in [0.2, 0.25) is 0 Å². The Bertz CT molecular complexity index is 444. The Morgan fingerprint density at radius 2 is 1.81 bits per heavy atom. The molecule has 0 spiro atoms. The first-order valence-electron chi connectivity index (χ1n) is 4.62. The zero-order chi connectivity index (χ0) is 12.0. The fourth-order valence-electron chi connectivity index (χ4n) is 1.08. The molecule has 16 heavy (non-hydrogen) atoms. The molecule has 0 aliphatic heterocycles. The zero-order valence-electron chi connectivity index (χ0n) is 8.75. The molecular formula is C12H12O3S. The van der Waals surface area contributed by atoms with E-state index in [2.05, 4.69) is 0 Å². The van der Waals surface area contributed by atoms with Gasteiger partial charge in [-0.1, -0.05) is 30.3 Å². The molecule has 0 saturated carbocycles. The van der Waals surface area contributed by atoms with Crippen molar-refractivity contribution < 1.29 is 15.0 Å². The summed E-state index contributed by atoms with van der Waals surface area (Å²) in [6.45, 7) is 1.08. The second-order valence-corrected chi connectivity index (χ2v) is 3.97. The molecule has 0 saturated heterocycles. The van der Waals surface area contributed by atoms with Gasteiger partial charge in [-0.05, 0) is 11.6 Å². The number of aromatic hydroxyl groups is 1. The maximum absolute atomic E-state index is 9.12. The average molecular weight is 236 g/mol. The van der Waals surface area contributed by atoms with Crippen molar-refractivity contribution >= 4 is 17.3 Å². The Morgan fingerprint density at radius 3 is 2.25 bits per heavy atom. The third-order valence-corrected chi connectivity index (χ3v) is 2.61. The van der Waals surface area contributed by atoms with Crippen LogP contribution >= 0.6 is 11.3 Å². The second-order valence-electron chi connectivity index (χ2n) is 3.05. The van der Waals surface area contributed by atoms with Crippen molar-refractivity contribution in [2.45, 2.75) is 6.92 Å². The number of rotatable bonds is 1. The van der Waals surface area contributed by atoms with E-state index in [4.69, 9.17) is 15.0 Å². The molecule has 0 atom stereocenters. The molecular weight excluding hydrogens is 224 g/mol. The minimum absolute atomic E-state index is 0.346. The van der Waals surface area contributed by atoms with Crippen LogP contribution in [0.3, 0.4) is 0 Å². The minimum atomic E-state index is -0.833. The van der Waals surface area contributed by atoms with E-state index in [0.717, 1.165) is 17.4 Å². The molecule has 4 heteroatoms. The van der Waals surface area contributed by atoms with Crippen LogP contribution in [0.4, 0.5) is 0 Å². The highest BCUT2D eigenvalue weighted by Gasteiger charge is 1.99. The molecule has 0 aliphatic rings. The predicted molar refractivity (Wildman–Crippen MR) is 64.7 cm³/mol. The van der Waals surface area contributed by atoms with Crippen molar-refractivity contribution in [3.8, 4) is 16.2 Å². The molecule has 84 valence electrons. The fraction of sp³-hybridized carbons (Fsp3) is 0.0833. The lowest BCUT2D eigenvalue weighted by Gasteiger charge is -1.93. The number of carboxylic acid groups (broad SMARTS) is 1. The van der Waals surface area contributed by atoms with Crippen LogP contribution in [0.1, 0.15) is 6.92 Å². The molecule has 2 aromatic rings. The second kappa shape index (κ2) is 5.92. The van der Waals surface area contributed by atoms with E-state index in [1.54, 1.807) is 22.8 Å². The highest BCUT2D eigenvalue weighted by molar-refractivity contribution is 7.13. The monoisotopic (exact) mass is 236 g/mol. The highest BCUT2D eigenvalue weighted by atomic mass is 32.1. The van der Waals surface area contributed by atoms with Gasteiger partial charge < -0.3 is 10.2 Å². The van der Waals surface area contributed by atoms with Crippen molar-refractivity contribution in [2.75, 3.05) is 0 Å². The Balaban J connectivity index is 0.000000280. The number of hydrogen-bond acceptors (Lipinski definition) is 3. The molecule has 0 aliphatic carbocycles. The van der Waals surface area contributed by atoms with Crippen molar-refractivity contribution in [1.82, 2.24) is 0 Å². The van der Waals surface area contributed by atoms with E-state index < -0.39 is 5.97 Å². The molecule has 0 fully saturated rings. The molecule has 0 radical (unpaired) electrons. The van der Waals surface area contributed by atoms with Gasteiger partial charge in [-0.3, -0.25) is 4.79 Å². The van der Waals surface area contributed by atoms with Crippen molar-refractivity contribution in [3.63, 3.8) is 0 Å². The van der Waals surface area contributed by atoms with Gasteiger partial charge in [0.25, 0.3) is 5.97 Å². The Kier molecular flexibility index (Phi) is 4.54. The summed E-state index contributed by atoms with van der Waals surface area (Å²) in [5.41, 5.74) is 1.16. The first-order chi connectivity index (χ1) is 7.59. The number of carboxylic acids is 1. The predicted octanol–water partition coefficient (Wildman–Crippen LogP) is 3.21. The van der Waals surface area contributed by atoms with Crippen LogP contribution in [0.25, 0.3) is 10.4 Å². The molecule has 0 unspecified atom stereocenters. The number of aliphatic carboxylic acids is 1. The lowest BCUT2D eigenvalue weighted by Crippen LogP contribution is -1.78. The number of benzene rings is 1. The van der Waals surface area contributed by atoms with Gasteiger partial charge in [0.2, 0.25) is 0 Å². The van der Waals surface area contributed by atoms with Crippen LogP contribution in [-0.2, 0) is 4.79 Å². The zero-order valence-corrected chi connectivity index (χ0v) is 9.57. The van der Waals surface area contributed by atoms with Gasteiger partial charge in [-0.2, -0.15) is 0 Å². The Hall–Kier alpha value is -1.81. The van der Waals surface area contributed by atoms with Crippen LogP contribution in [0.5, 0.6) is 5.75 Å². The maximum atomic E-state index is 9.12. The number of hydrogen-bond donors (Lipinski definition) is 2. The largest absolute Gasteiger partial charge is 0.507 e. The average Bonchev–Trinajstić information content (AvgIpc) is 2.65. The lowest BCUT2D eigenvalue weighted by atomic mass is 10.2. The third kappa shape index (κ3) is 4.14. The summed E-state index contributed by atoms with van der Waals surface area (Å²) < 4.78 is 0. The summed E-state index contributed by atoms with van der Waals surface area (Å²) in [7, 11) is 0. The van der Waals surface area contributed by atoms with E-state index >= 15 is 0 Å². The summed E-state index contributed by atoms with van der Waals surface area (Å²) in [6, 6.07) is 11.8. The van der Waals surface area contributed by atoms with Gasteiger partial charge >= 0.3 is 0 Å². The van der Waals surface area contributed by atoms with Gasteiger partial charge in [-0.25, -0.2) is 0 Å². The molecule has 2 rings (SSSR count). The van der Waals surface area contributed by atoms with Gasteiger partial charge in [0.05, 0.1) is 0 Å². The highest BCUT2D eigenvalue weighted by Crippen LogP contribution is 2.29. The van der Waals surface area contributed by atoms with Crippen molar-refractivity contribution in [3.05, 3.63) is 41.8 Å². The molecule has 2 N–H and O–H groups in total. The summed E-state index contributed by atoms with van der Waals surface area (Å²) in [5, 5.41) is 18.3. The van der Waals surface area contributed by atoms with Crippen LogP contribution in [0, 0.1) is 0 Å². The quantitative estimate of drug-likeness (QED) is 0.799. The first kappa shape index (κ1) is 12.3. The van der Waals surface area contributed by atoms with Gasteiger partial charge in [0.1, 0.15) is 5.75 Å². The van der Waals surface area contributed by atoms with E-state index in [1.165, 1.54) is 0 Å². The van der Waals surface area contributed by atoms with E-state index in [9.17, 15) is 0 Å². The van der Waals surface area contributed by atoms with Gasteiger partial charge in [0.15, 0.2) is 0 Å². The first-order valence-corrected chi connectivity index (χ1v) is 5.50. The van der Waals surface area contributed by atoms with E-state index in [1.807, 2.05) is 30.3 Å². The summed E-state index contributed by atoms with van der Waals surface area (Å²) >= 11 is 1.55. The normalized spacial score (nSPS) is 9.06. The molecule has 1 aromatic heterocycles. The van der Waals surface area contributed by atoms with Crippen molar-refractivity contribution in [2.24, 2.45) is 0 Å². The number of carbonyl (C=O) groups is 1. The maximum Gasteiger partial charge on any atom is 0.300 e. The SMILES string of the molecule is CC(=O)O.Oc1csc(-c2ccccc2)c1. The van der Waals surface area contributed by atoms with E-state index in [0.29, 0.717) is 5.75 Å². The summed E-state index contributed by atoms with van der Waals surface area (Å²) in [5.74, 6) is -0.487. The van der Waals surface area contributed by atoms with Gasteiger partial charge in [0, 0.05) is 17.2 Å². The van der Waals surface area contributed by atoms with Crippen LogP contribution in [0.15, 0.2) is 41.8 Å². The topological polar surface area (TPSA) is 57.5 Å². The van der Waals surface area contributed by atoms with E-state index in [-0.39, 0.29) is 0 Å². The molecule has 3 nitrogen and oxygen atoms in total. The summed E-state index contributed by atoms with van der Waals surface area (Å²) in [6.07, 6.45) is 0. The molecule has 0 bridgehead atoms. The van der Waals surface area contributed by atoms with Gasteiger partial charge in [-0.15, -0.1) is 11.3 Å². The third-order valence-electron chi connectivity index (χ3n) is 1.64. The van der Waals surface area contributed by atoms with Crippen molar-refractivity contribution in [1.29, 1.82) is 0 Å². The standard InChI is InChI=1S/C10H8OS.C2H4O2/c11-9-6-10(12-7-9)8-4-2-1-3-5-8;1-2(3)4/h1-7,11H;1H3,(H,3,4). The number of thiophene rings is 1.